The number of aromatic nitrogens is 2. The number of aryl methyl sites for hydroxylation is 1. The fourth-order valence-corrected chi connectivity index (χ4v) is 1.50. The first-order valence-corrected chi connectivity index (χ1v) is 5.24. The van der Waals surface area contributed by atoms with Crippen LogP contribution in [0.3, 0.4) is 0 Å². The molecule has 1 unspecified atom stereocenters. The average molecular weight is 195 g/mol. The molecule has 14 heavy (non-hydrogen) atoms. The highest BCUT2D eigenvalue weighted by molar-refractivity contribution is 5.13. The molecule has 1 N–H and O–H groups in total. The number of nitrogens with one attached hydrogen (secondary N) is 1. The van der Waals surface area contributed by atoms with Crippen LogP contribution in [0.5, 0.6) is 0 Å². The van der Waals surface area contributed by atoms with Crippen LogP contribution >= 0.6 is 0 Å². The van der Waals surface area contributed by atoms with Gasteiger partial charge < -0.3 is 5.32 Å². The summed E-state index contributed by atoms with van der Waals surface area (Å²) in [5, 5.41) is 7.69. The first kappa shape index (κ1) is 11.2. The lowest BCUT2D eigenvalue weighted by Crippen LogP contribution is -2.13. The van der Waals surface area contributed by atoms with Crippen LogP contribution in [0.4, 0.5) is 0 Å². The molecule has 1 aromatic rings. The molecule has 1 rings (SSSR count). The van der Waals surface area contributed by atoms with Crippen molar-refractivity contribution in [2.45, 2.75) is 33.2 Å². The first-order chi connectivity index (χ1) is 6.54. The Bertz CT molecular complexity index is 289. The van der Waals surface area contributed by atoms with Gasteiger partial charge in [-0.3, -0.25) is 4.68 Å². The molecule has 0 amide bonds. The van der Waals surface area contributed by atoms with Gasteiger partial charge in [-0.25, -0.2) is 0 Å². The molecule has 0 saturated carbocycles. The summed E-state index contributed by atoms with van der Waals surface area (Å²) in [5.74, 6) is 0.683. The number of rotatable bonds is 4. The zero-order valence-electron chi connectivity index (χ0n) is 9.83. The van der Waals surface area contributed by atoms with E-state index >= 15 is 0 Å². The molecule has 3 heteroatoms. The maximum Gasteiger partial charge on any atom is 0.0793 e. The second-order valence-electron chi connectivity index (χ2n) is 4.29. The highest BCUT2D eigenvalue weighted by atomic mass is 15.3. The lowest BCUT2D eigenvalue weighted by atomic mass is 10.1. The summed E-state index contributed by atoms with van der Waals surface area (Å²) in [6.45, 7) is 6.59. The minimum atomic E-state index is 0.335. The van der Waals surface area contributed by atoms with Gasteiger partial charge in [-0.2, -0.15) is 5.10 Å². The molecule has 3 nitrogen and oxygen atoms in total. The lowest BCUT2D eigenvalue weighted by molar-refractivity contribution is 0.582. The molecular formula is C11H21N3. The van der Waals surface area contributed by atoms with Crippen LogP contribution < -0.4 is 5.32 Å². The molecular weight excluding hydrogens is 174 g/mol. The second-order valence-corrected chi connectivity index (χ2v) is 4.29. The van der Waals surface area contributed by atoms with Crippen molar-refractivity contribution in [3.63, 3.8) is 0 Å². The summed E-state index contributed by atoms with van der Waals surface area (Å²) < 4.78 is 1.99. The smallest absolute Gasteiger partial charge is 0.0793 e. The minimum Gasteiger partial charge on any atom is -0.312 e. The maximum absolute atomic E-state index is 4.49. The molecule has 80 valence electrons. The van der Waals surface area contributed by atoms with E-state index in [1.165, 1.54) is 5.69 Å². The fourth-order valence-electron chi connectivity index (χ4n) is 1.50. The molecule has 0 aliphatic rings. The molecule has 0 radical (unpaired) electrons. The van der Waals surface area contributed by atoms with Gasteiger partial charge in [-0.1, -0.05) is 13.8 Å². The molecule has 0 aliphatic carbocycles. The maximum atomic E-state index is 4.49. The standard InChI is InChI=1S/C11H21N3/c1-8(2)6-10-7-11(9(3)12-4)13-14(10)5/h7-9,12H,6H2,1-5H3. The topological polar surface area (TPSA) is 29.9 Å². The van der Waals surface area contributed by atoms with E-state index in [1.54, 1.807) is 0 Å². The summed E-state index contributed by atoms with van der Waals surface area (Å²) in [6.07, 6.45) is 1.10. The van der Waals surface area contributed by atoms with E-state index in [0.717, 1.165) is 12.1 Å². The number of nitrogens with zero attached hydrogens (tertiary/aromatic N) is 2. The third kappa shape index (κ3) is 2.58. The zero-order valence-corrected chi connectivity index (χ0v) is 9.83. The van der Waals surface area contributed by atoms with Crippen molar-refractivity contribution < 1.29 is 0 Å². The van der Waals surface area contributed by atoms with Crippen LogP contribution in [0.1, 0.15) is 38.2 Å². The van der Waals surface area contributed by atoms with Crippen molar-refractivity contribution in [2.75, 3.05) is 7.05 Å². The Kier molecular flexibility index (Phi) is 3.69. The minimum absolute atomic E-state index is 0.335. The number of hydrogen-bond donors (Lipinski definition) is 1. The zero-order chi connectivity index (χ0) is 10.7. The molecule has 0 saturated heterocycles. The van der Waals surface area contributed by atoms with Crippen molar-refractivity contribution in [3.8, 4) is 0 Å². The van der Waals surface area contributed by atoms with Crippen molar-refractivity contribution >= 4 is 0 Å². The summed E-state index contributed by atoms with van der Waals surface area (Å²) in [7, 11) is 3.98. The quantitative estimate of drug-likeness (QED) is 0.795. The molecule has 1 atom stereocenters. The fraction of sp³-hybridized carbons (Fsp3) is 0.727. The predicted molar refractivity (Wildman–Crippen MR) is 59.2 cm³/mol. The van der Waals surface area contributed by atoms with E-state index in [1.807, 2.05) is 18.8 Å². The van der Waals surface area contributed by atoms with E-state index in [2.05, 4.69) is 37.3 Å². The summed E-state index contributed by atoms with van der Waals surface area (Å²) in [6, 6.07) is 2.53. The summed E-state index contributed by atoms with van der Waals surface area (Å²) >= 11 is 0. The van der Waals surface area contributed by atoms with E-state index in [9.17, 15) is 0 Å². The molecule has 1 aromatic heterocycles. The van der Waals surface area contributed by atoms with Gasteiger partial charge in [-0.15, -0.1) is 0 Å². The summed E-state index contributed by atoms with van der Waals surface area (Å²) in [4.78, 5) is 0. The Morgan fingerprint density at radius 3 is 2.57 bits per heavy atom. The monoisotopic (exact) mass is 195 g/mol. The van der Waals surface area contributed by atoms with E-state index in [-0.39, 0.29) is 0 Å². The van der Waals surface area contributed by atoms with Crippen LogP contribution in [0.25, 0.3) is 0 Å². The Morgan fingerprint density at radius 2 is 2.07 bits per heavy atom. The highest BCUT2D eigenvalue weighted by Gasteiger charge is 2.10. The van der Waals surface area contributed by atoms with Gasteiger partial charge in [0.15, 0.2) is 0 Å². The average Bonchev–Trinajstić information content (AvgIpc) is 2.46. The van der Waals surface area contributed by atoms with Crippen LogP contribution in [-0.2, 0) is 13.5 Å². The van der Waals surface area contributed by atoms with Gasteiger partial charge in [-0.05, 0) is 32.4 Å². The molecule has 1 heterocycles. The van der Waals surface area contributed by atoms with Crippen LogP contribution in [0, 0.1) is 5.92 Å². The Labute approximate surface area is 86.5 Å². The van der Waals surface area contributed by atoms with Crippen LogP contribution in [0.2, 0.25) is 0 Å². The summed E-state index contributed by atoms with van der Waals surface area (Å²) in [5.41, 5.74) is 2.45. The van der Waals surface area contributed by atoms with Crippen molar-refractivity contribution in [3.05, 3.63) is 17.5 Å². The van der Waals surface area contributed by atoms with E-state index in [4.69, 9.17) is 0 Å². The predicted octanol–water partition coefficient (Wildman–Crippen LogP) is 1.90. The van der Waals surface area contributed by atoms with Crippen LogP contribution in [0.15, 0.2) is 6.07 Å². The molecule has 0 aliphatic heterocycles. The van der Waals surface area contributed by atoms with Crippen molar-refractivity contribution in [2.24, 2.45) is 13.0 Å². The number of hydrogen-bond acceptors (Lipinski definition) is 2. The molecule has 0 spiro atoms. The first-order valence-electron chi connectivity index (χ1n) is 5.24. The largest absolute Gasteiger partial charge is 0.312 e. The molecule has 0 fully saturated rings. The van der Waals surface area contributed by atoms with Gasteiger partial charge in [0, 0.05) is 18.8 Å². The van der Waals surface area contributed by atoms with Gasteiger partial charge in [0.25, 0.3) is 0 Å². The van der Waals surface area contributed by atoms with Crippen molar-refractivity contribution in [1.82, 2.24) is 15.1 Å². The van der Waals surface area contributed by atoms with Gasteiger partial charge in [0.2, 0.25) is 0 Å². The van der Waals surface area contributed by atoms with Crippen LogP contribution in [-0.4, -0.2) is 16.8 Å². The van der Waals surface area contributed by atoms with Gasteiger partial charge >= 0.3 is 0 Å². The Hall–Kier alpha value is -0.830. The van der Waals surface area contributed by atoms with Gasteiger partial charge in [0.05, 0.1) is 5.69 Å². The third-order valence-corrected chi connectivity index (χ3v) is 2.49. The van der Waals surface area contributed by atoms with E-state index in [0.29, 0.717) is 12.0 Å². The lowest BCUT2D eigenvalue weighted by Gasteiger charge is -2.04. The normalized spacial score (nSPS) is 13.6. The Balaban J connectivity index is 2.82. The van der Waals surface area contributed by atoms with E-state index < -0.39 is 0 Å². The highest BCUT2D eigenvalue weighted by Crippen LogP contribution is 2.14. The second kappa shape index (κ2) is 4.60. The molecule has 0 aromatic carbocycles. The SMILES string of the molecule is CNC(C)c1cc(CC(C)C)n(C)n1. The third-order valence-electron chi connectivity index (χ3n) is 2.49. The van der Waals surface area contributed by atoms with Crippen molar-refractivity contribution in [1.29, 1.82) is 0 Å². The van der Waals surface area contributed by atoms with Gasteiger partial charge in [0.1, 0.15) is 0 Å². The molecule has 0 bridgehead atoms. The Morgan fingerprint density at radius 1 is 1.43 bits per heavy atom.